The van der Waals surface area contributed by atoms with E-state index in [1.807, 2.05) is 0 Å². The van der Waals surface area contributed by atoms with Crippen molar-refractivity contribution in [1.82, 2.24) is 0 Å². The Kier molecular flexibility index (Phi) is 14.8. The monoisotopic (exact) mass is 446 g/mol. The molecular formula is C18H36F7NOP+. The van der Waals surface area contributed by atoms with Crippen molar-refractivity contribution in [3.8, 4) is 0 Å². The topological polar surface area (TPSA) is 17.1 Å². The van der Waals surface area contributed by atoms with E-state index in [0.29, 0.717) is 0 Å². The number of halogens is 7. The molecular weight excluding hydrogens is 410 g/mol. The highest BCUT2D eigenvalue weighted by molar-refractivity contribution is 7.54. The van der Waals surface area contributed by atoms with Gasteiger partial charge in [0.15, 0.2) is 0 Å². The zero-order valence-corrected chi connectivity index (χ0v) is 18.3. The summed E-state index contributed by atoms with van der Waals surface area (Å²) >= 11 is 0. The van der Waals surface area contributed by atoms with Crippen LogP contribution in [0.4, 0.5) is 30.3 Å². The van der Waals surface area contributed by atoms with Crippen molar-refractivity contribution < 1.29 is 39.4 Å². The lowest BCUT2D eigenvalue weighted by Gasteiger charge is -2.39. The normalized spacial score (nSPS) is 13.2. The second-order valence-corrected chi connectivity index (χ2v) is 8.64. The average molecular weight is 446 g/mol. The van der Waals surface area contributed by atoms with Crippen molar-refractivity contribution in [3.63, 3.8) is 0 Å². The minimum atomic E-state index is -7.45. The van der Waals surface area contributed by atoms with E-state index in [0.717, 1.165) is 0 Å². The quantitative estimate of drug-likeness (QED) is 0.158. The fraction of sp³-hybridized carbons (Fsp3) is 1.00. The van der Waals surface area contributed by atoms with Gasteiger partial charge < -0.3 is 4.48 Å². The van der Waals surface area contributed by atoms with Gasteiger partial charge in [-0.05, 0) is 25.7 Å². The van der Waals surface area contributed by atoms with Crippen LogP contribution in [0, 0.1) is 0 Å². The van der Waals surface area contributed by atoms with Crippen LogP contribution < -0.4 is 0 Å². The fourth-order valence-corrected chi connectivity index (χ4v) is 3.09. The maximum absolute atomic E-state index is 11.3. The lowest BCUT2D eigenvalue weighted by molar-refractivity contribution is -0.929. The van der Waals surface area contributed by atoms with E-state index in [2.05, 4.69) is 27.7 Å². The highest BCUT2D eigenvalue weighted by Crippen LogP contribution is 2.68. The van der Waals surface area contributed by atoms with Crippen molar-refractivity contribution in [2.24, 2.45) is 0 Å². The largest absolute Gasteiger partial charge is 0.481 e. The zero-order chi connectivity index (χ0) is 22.5. The number of hydrogen-bond donors (Lipinski definition) is 0. The Hall–Kier alpha value is -0.300. The van der Waals surface area contributed by atoms with Crippen LogP contribution in [-0.4, -0.2) is 42.5 Å². The molecule has 0 atom stereocenters. The van der Waals surface area contributed by atoms with Crippen LogP contribution in [0.25, 0.3) is 0 Å². The van der Waals surface area contributed by atoms with E-state index >= 15 is 0 Å². The summed E-state index contributed by atoms with van der Waals surface area (Å²) in [6.07, 6.45) is 4.60. The van der Waals surface area contributed by atoms with Crippen molar-refractivity contribution in [2.45, 2.75) is 90.9 Å². The molecule has 28 heavy (non-hydrogen) atoms. The highest BCUT2D eigenvalue weighted by Gasteiger charge is 2.71. The van der Waals surface area contributed by atoms with Gasteiger partial charge in [-0.15, -0.1) is 8.39 Å². The summed E-state index contributed by atoms with van der Waals surface area (Å²) in [5.74, 6) is 0. The maximum Gasteiger partial charge on any atom is 0.481 e. The Balaban J connectivity index is 0. The van der Waals surface area contributed by atoms with E-state index in [4.69, 9.17) is 4.57 Å². The van der Waals surface area contributed by atoms with Gasteiger partial charge in [-0.3, -0.25) is 0 Å². The average Bonchev–Trinajstić information content (AvgIpc) is 2.59. The fourth-order valence-electron chi connectivity index (χ4n) is 2.79. The highest BCUT2D eigenvalue weighted by atomic mass is 31.2. The molecule has 0 aromatic heterocycles. The molecule has 0 radical (unpaired) electrons. The van der Waals surface area contributed by atoms with Gasteiger partial charge in [-0.25, -0.2) is 4.57 Å². The molecule has 0 N–H and O–H groups in total. The van der Waals surface area contributed by atoms with Crippen molar-refractivity contribution >= 4 is 7.76 Å². The van der Waals surface area contributed by atoms with E-state index in [1.165, 1.54) is 82.0 Å². The van der Waals surface area contributed by atoms with Crippen LogP contribution >= 0.6 is 7.76 Å². The molecule has 0 aromatic carbocycles. The minimum absolute atomic E-state index is 1.35. The van der Waals surface area contributed by atoms with Gasteiger partial charge in [-0.2, -0.15) is 22.0 Å². The smallest absolute Gasteiger partial charge is 0.324 e. The van der Waals surface area contributed by atoms with Crippen LogP contribution in [0.15, 0.2) is 0 Å². The second-order valence-electron chi connectivity index (χ2n) is 7.15. The molecule has 10 heteroatoms. The number of nitrogens with zero attached hydrogens (tertiary/aromatic N) is 1. The Bertz CT molecular complexity index is 401. The van der Waals surface area contributed by atoms with Gasteiger partial charge in [0, 0.05) is 0 Å². The molecule has 0 saturated heterocycles. The first-order chi connectivity index (χ1) is 12.7. The molecule has 172 valence electrons. The molecule has 0 aliphatic carbocycles. The molecule has 0 spiro atoms. The Labute approximate surface area is 165 Å². The molecule has 0 saturated carbocycles. The third-order valence-corrected chi connectivity index (χ3v) is 5.52. The summed E-state index contributed by atoms with van der Waals surface area (Å²) in [5.41, 5.74) is -6.40. The number of unbranched alkanes of at least 4 members (excludes halogenated alkanes) is 4. The Morgan fingerprint density at radius 3 is 1.00 bits per heavy atom. The van der Waals surface area contributed by atoms with E-state index in [9.17, 15) is 30.3 Å². The zero-order valence-electron chi connectivity index (χ0n) is 17.4. The minimum Gasteiger partial charge on any atom is -0.324 e. The SMILES string of the molecule is CCCC[N+](CCCC)(CCCC)CCCC.O=P(F)(F)C(F)(F)C(F)(F)F. The van der Waals surface area contributed by atoms with Crippen LogP contribution in [0.1, 0.15) is 79.1 Å². The molecule has 0 amide bonds. The van der Waals surface area contributed by atoms with E-state index in [1.54, 1.807) is 0 Å². The number of quaternary nitrogens is 1. The van der Waals surface area contributed by atoms with Gasteiger partial charge in [0.1, 0.15) is 0 Å². The van der Waals surface area contributed by atoms with Gasteiger partial charge in [0.25, 0.3) is 0 Å². The molecule has 0 heterocycles. The van der Waals surface area contributed by atoms with Crippen LogP contribution in [0.5, 0.6) is 0 Å². The molecule has 0 fully saturated rings. The molecule has 0 aliphatic rings. The first kappa shape index (κ1) is 29.9. The van der Waals surface area contributed by atoms with Crippen LogP contribution in [-0.2, 0) is 4.57 Å². The lowest BCUT2D eigenvalue weighted by Crippen LogP contribution is -2.50. The second kappa shape index (κ2) is 13.8. The van der Waals surface area contributed by atoms with Crippen LogP contribution in [0.3, 0.4) is 0 Å². The lowest BCUT2D eigenvalue weighted by atomic mass is 10.1. The molecule has 0 bridgehead atoms. The first-order valence-electron chi connectivity index (χ1n) is 10.0. The van der Waals surface area contributed by atoms with Crippen LogP contribution in [0.2, 0.25) is 0 Å². The van der Waals surface area contributed by atoms with E-state index in [-0.39, 0.29) is 0 Å². The molecule has 2 nitrogen and oxygen atoms in total. The van der Waals surface area contributed by atoms with Crippen molar-refractivity contribution in [1.29, 1.82) is 0 Å². The van der Waals surface area contributed by atoms with E-state index < -0.39 is 19.6 Å². The van der Waals surface area contributed by atoms with Gasteiger partial charge in [0.05, 0.1) is 26.2 Å². The molecule has 0 unspecified atom stereocenters. The summed E-state index contributed by atoms with van der Waals surface area (Å²) < 4.78 is 88.0. The van der Waals surface area contributed by atoms with Gasteiger partial charge in [-0.1, -0.05) is 53.4 Å². The number of alkyl halides is 5. The van der Waals surface area contributed by atoms with Crippen molar-refractivity contribution in [3.05, 3.63) is 0 Å². The first-order valence-corrected chi connectivity index (χ1v) is 11.5. The molecule has 0 rings (SSSR count). The molecule has 0 aromatic rings. The summed E-state index contributed by atoms with van der Waals surface area (Å²) in [6.45, 7) is 15.0. The summed E-state index contributed by atoms with van der Waals surface area (Å²) in [4.78, 5) is 0. The Morgan fingerprint density at radius 2 is 0.893 bits per heavy atom. The summed E-state index contributed by atoms with van der Waals surface area (Å²) in [7, 11) is -7.45. The summed E-state index contributed by atoms with van der Waals surface area (Å²) in [5, 5.41) is 0. The summed E-state index contributed by atoms with van der Waals surface area (Å²) in [6, 6.07) is 0. The third kappa shape index (κ3) is 11.0. The predicted molar refractivity (Wildman–Crippen MR) is 100 cm³/mol. The molecule has 0 aliphatic heterocycles. The van der Waals surface area contributed by atoms with Crippen molar-refractivity contribution in [2.75, 3.05) is 26.2 Å². The standard InChI is InChI=1S/C16H36N.C2F7OP/c1-5-9-13-17(14-10-6-2,15-11-7-3)16-12-8-4;3-1(4,5)2(6,7)11(8,9)10/h5-16H2,1-4H3;/q+1;. The number of rotatable bonds is 13. The maximum atomic E-state index is 11.3. The number of hydrogen-bond acceptors (Lipinski definition) is 1. The van der Waals surface area contributed by atoms with Gasteiger partial charge in [0.2, 0.25) is 0 Å². The third-order valence-electron chi connectivity index (χ3n) is 4.61. The Morgan fingerprint density at radius 1 is 0.643 bits per heavy atom. The van der Waals surface area contributed by atoms with Gasteiger partial charge >= 0.3 is 19.6 Å². The predicted octanol–water partition coefficient (Wildman–Crippen LogP) is 8.28.